The fraction of sp³-hybridized carbons (Fsp3) is 0.111. The molecule has 0 aliphatic carbocycles. The molecule has 94 valence electrons. The predicted octanol–water partition coefficient (Wildman–Crippen LogP) is 1.63. The highest BCUT2D eigenvalue weighted by Gasteiger charge is 2.20. The molecule has 0 aliphatic heterocycles. The van der Waals surface area contributed by atoms with Crippen LogP contribution in [0.1, 0.15) is 0 Å². The number of nitro benzene ring substituents is 1. The van der Waals surface area contributed by atoms with Crippen molar-refractivity contribution in [1.82, 2.24) is 4.98 Å². The van der Waals surface area contributed by atoms with Crippen LogP contribution in [0, 0.1) is 10.1 Å². The lowest BCUT2D eigenvalue weighted by Crippen LogP contribution is -2.12. The van der Waals surface area contributed by atoms with Gasteiger partial charge in [-0.25, -0.2) is 9.78 Å². The zero-order valence-electron chi connectivity index (χ0n) is 8.82. The second kappa shape index (κ2) is 4.94. The molecule has 0 unspecified atom stereocenters. The molecule has 0 saturated heterocycles. The SMILES string of the molecule is O=C(O)CONc1ccc2scnc2c1[N+](=O)[O-]. The summed E-state index contributed by atoms with van der Waals surface area (Å²) in [4.78, 5) is 29.2. The van der Waals surface area contributed by atoms with Crippen molar-refractivity contribution < 1.29 is 19.7 Å². The van der Waals surface area contributed by atoms with Crippen LogP contribution >= 0.6 is 11.3 Å². The highest BCUT2D eigenvalue weighted by molar-refractivity contribution is 7.16. The second-order valence-electron chi connectivity index (χ2n) is 3.20. The van der Waals surface area contributed by atoms with Gasteiger partial charge in [0, 0.05) is 0 Å². The maximum Gasteiger partial charge on any atom is 0.332 e. The Hall–Kier alpha value is -2.26. The number of nitrogens with one attached hydrogen (secondary N) is 1. The first-order chi connectivity index (χ1) is 8.59. The predicted molar refractivity (Wildman–Crippen MR) is 63.5 cm³/mol. The lowest BCUT2D eigenvalue weighted by molar-refractivity contribution is -0.382. The van der Waals surface area contributed by atoms with Gasteiger partial charge in [0.05, 0.1) is 15.1 Å². The number of fused-ring (bicyclic) bond motifs is 1. The topological polar surface area (TPSA) is 115 Å². The lowest BCUT2D eigenvalue weighted by atomic mass is 10.2. The largest absolute Gasteiger partial charge is 0.479 e. The number of nitro groups is 1. The van der Waals surface area contributed by atoms with Gasteiger partial charge in [-0.05, 0) is 12.1 Å². The van der Waals surface area contributed by atoms with E-state index in [1.165, 1.54) is 22.9 Å². The molecule has 2 rings (SSSR count). The number of nitrogens with zero attached hydrogens (tertiary/aromatic N) is 2. The first-order valence-electron chi connectivity index (χ1n) is 4.70. The molecule has 2 N–H and O–H groups in total. The molecular formula is C9H7N3O5S. The normalized spacial score (nSPS) is 10.4. The van der Waals surface area contributed by atoms with Crippen molar-refractivity contribution >= 4 is 38.9 Å². The zero-order chi connectivity index (χ0) is 13.1. The first kappa shape index (κ1) is 12.2. The van der Waals surface area contributed by atoms with Crippen molar-refractivity contribution in [2.75, 3.05) is 12.1 Å². The van der Waals surface area contributed by atoms with Crippen molar-refractivity contribution in [1.29, 1.82) is 0 Å². The number of carboxylic acid groups (broad SMARTS) is 1. The Morgan fingerprint density at radius 3 is 3.06 bits per heavy atom. The molecule has 1 heterocycles. The summed E-state index contributed by atoms with van der Waals surface area (Å²) in [6.45, 7) is -0.605. The molecule has 0 spiro atoms. The average Bonchev–Trinajstić information content (AvgIpc) is 2.75. The van der Waals surface area contributed by atoms with Gasteiger partial charge in [0.25, 0.3) is 0 Å². The Bertz CT molecular complexity index is 611. The number of aliphatic carboxylic acids is 1. The Labute approximate surface area is 104 Å². The molecule has 2 aromatic rings. The van der Waals surface area contributed by atoms with Crippen LogP contribution in [-0.2, 0) is 9.63 Å². The molecule has 0 saturated carbocycles. The van der Waals surface area contributed by atoms with E-state index in [0.717, 1.165) is 0 Å². The van der Waals surface area contributed by atoms with E-state index in [2.05, 4.69) is 15.3 Å². The van der Waals surface area contributed by atoms with Crippen molar-refractivity contribution in [3.8, 4) is 0 Å². The standard InChI is InChI=1S/C9H7N3O5S/c13-7(14)3-17-11-5-1-2-6-8(10-4-18-6)9(5)12(15)16/h1-2,4,11H,3H2,(H,13,14). The fourth-order valence-corrected chi connectivity index (χ4v) is 2.04. The van der Waals surface area contributed by atoms with E-state index >= 15 is 0 Å². The van der Waals surface area contributed by atoms with Gasteiger partial charge in [0.1, 0.15) is 5.69 Å². The Kier molecular flexibility index (Phi) is 3.35. The highest BCUT2D eigenvalue weighted by atomic mass is 32.1. The van der Waals surface area contributed by atoms with Crippen LogP contribution in [0.4, 0.5) is 11.4 Å². The minimum atomic E-state index is -1.18. The number of hydrogen-bond donors (Lipinski definition) is 2. The van der Waals surface area contributed by atoms with Gasteiger partial charge in [-0.3, -0.25) is 20.4 Å². The molecule has 8 nitrogen and oxygen atoms in total. The fourth-order valence-electron chi connectivity index (χ4n) is 1.36. The molecule has 1 aromatic carbocycles. The third-order valence-corrected chi connectivity index (χ3v) is 2.83. The number of rotatable bonds is 5. The van der Waals surface area contributed by atoms with Crippen LogP contribution in [0.15, 0.2) is 17.6 Å². The van der Waals surface area contributed by atoms with Gasteiger partial charge in [-0.15, -0.1) is 11.3 Å². The van der Waals surface area contributed by atoms with Crippen LogP contribution in [0.25, 0.3) is 10.2 Å². The van der Waals surface area contributed by atoms with Crippen LogP contribution < -0.4 is 5.48 Å². The average molecular weight is 269 g/mol. The highest BCUT2D eigenvalue weighted by Crippen LogP contribution is 2.34. The molecule has 1 aromatic heterocycles. The summed E-state index contributed by atoms with van der Waals surface area (Å²) in [5, 5.41) is 19.4. The summed E-state index contributed by atoms with van der Waals surface area (Å²) in [6.07, 6.45) is 0. The van der Waals surface area contributed by atoms with Crippen LogP contribution in [0.5, 0.6) is 0 Å². The molecule has 0 amide bonds. The molecule has 0 bridgehead atoms. The van der Waals surface area contributed by atoms with E-state index in [4.69, 9.17) is 5.11 Å². The third kappa shape index (κ3) is 2.36. The summed E-state index contributed by atoms with van der Waals surface area (Å²) in [7, 11) is 0. The van der Waals surface area contributed by atoms with Crippen molar-refractivity contribution in [2.45, 2.75) is 0 Å². The van der Waals surface area contributed by atoms with E-state index in [1.54, 1.807) is 6.07 Å². The zero-order valence-corrected chi connectivity index (χ0v) is 9.64. The maximum absolute atomic E-state index is 11.0. The molecule has 0 radical (unpaired) electrons. The molecule has 0 aliphatic rings. The number of carboxylic acids is 1. The number of carbonyl (C=O) groups is 1. The smallest absolute Gasteiger partial charge is 0.332 e. The molecule has 0 atom stereocenters. The van der Waals surface area contributed by atoms with Crippen LogP contribution in [0.3, 0.4) is 0 Å². The van der Waals surface area contributed by atoms with E-state index in [0.29, 0.717) is 4.70 Å². The van der Waals surface area contributed by atoms with Crippen molar-refractivity contribution in [3.05, 3.63) is 27.8 Å². The molecule has 18 heavy (non-hydrogen) atoms. The van der Waals surface area contributed by atoms with Gasteiger partial charge < -0.3 is 5.11 Å². The maximum atomic E-state index is 11.0. The summed E-state index contributed by atoms with van der Waals surface area (Å²) >= 11 is 1.28. The lowest BCUT2D eigenvalue weighted by Gasteiger charge is -2.05. The Morgan fingerprint density at radius 1 is 1.61 bits per heavy atom. The number of hydrogen-bond acceptors (Lipinski definition) is 7. The molecule has 9 heteroatoms. The quantitative estimate of drug-likeness (QED) is 0.626. The van der Waals surface area contributed by atoms with Crippen molar-refractivity contribution in [3.63, 3.8) is 0 Å². The Balaban J connectivity index is 2.34. The van der Waals surface area contributed by atoms with E-state index < -0.39 is 17.5 Å². The first-order valence-corrected chi connectivity index (χ1v) is 5.57. The van der Waals surface area contributed by atoms with Gasteiger partial charge in [-0.2, -0.15) is 0 Å². The van der Waals surface area contributed by atoms with Gasteiger partial charge in [0.15, 0.2) is 12.1 Å². The van der Waals surface area contributed by atoms with Crippen LogP contribution in [-0.4, -0.2) is 27.6 Å². The summed E-state index contributed by atoms with van der Waals surface area (Å²) in [6, 6.07) is 3.09. The monoisotopic (exact) mass is 269 g/mol. The molecule has 0 fully saturated rings. The molecular weight excluding hydrogens is 262 g/mol. The van der Waals surface area contributed by atoms with E-state index in [1.807, 2.05) is 0 Å². The van der Waals surface area contributed by atoms with Crippen LogP contribution in [0.2, 0.25) is 0 Å². The summed E-state index contributed by atoms with van der Waals surface area (Å²) < 4.78 is 0.672. The second-order valence-corrected chi connectivity index (χ2v) is 4.09. The number of benzene rings is 1. The summed E-state index contributed by atoms with van der Waals surface area (Å²) in [5.74, 6) is -1.18. The number of thiazole rings is 1. The minimum Gasteiger partial charge on any atom is -0.479 e. The third-order valence-electron chi connectivity index (χ3n) is 2.04. The van der Waals surface area contributed by atoms with Gasteiger partial charge in [0.2, 0.25) is 0 Å². The number of aromatic nitrogens is 1. The van der Waals surface area contributed by atoms with E-state index in [-0.39, 0.29) is 16.9 Å². The number of anilines is 1. The summed E-state index contributed by atoms with van der Waals surface area (Å²) in [5.41, 5.74) is 3.83. The van der Waals surface area contributed by atoms with Gasteiger partial charge in [-0.1, -0.05) is 0 Å². The van der Waals surface area contributed by atoms with E-state index in [9.17, 15) is 14.9 Å². The minimum absolute atomic E-state index is 0.0691. The van der Waals surface area contributed by atoms with Gasteiger partial charge >= 0.3 is 11.7 Å². The Morgan fingerprint density at radius 2 is 2.39 bits per heavy atom. The van der Waals surface area contributed by atoms with Crippen molar-refractivity contribution in [2.24, 2.45) is 0 Å².